The van der Waals surface area contributed by atoms with Crippen molar-refractivity contribution in [3.8, 4) is 11.3 Å². The Labute approximate surface area is 120 Å². The van der Waals surface area contributed by atoms with E-state index >= 15 is 0 Å². The minimum atomic E-state index is 0.783. The molecule has 3 rings (SSSR count). The lowest BCUT2D eigenvalue weighted by molar-refractivity contribution is 0.491. The van der Waals surface area contributed by atoms with Crippen LogP contribution in [0.1, 0.15) is 36.3 Å². The van der Waals surface area contributed by atoms with Crippen LogP contribution in [0, 0.1) is 13.8 Å². The maximum absolute atomic E-state index is 5.85. The molecule has 0 amide bonds. The van der Waals surface area contributed by atoms with Gasteiger partial charge in [-0.25, -0.2) is 4.98 Å². The van der Waals surface area contributed by atoms with Gasteiger partial charge in [-0.2, -0.15) is 0 Å². The van der Waals surface area contributed by atoms with E-state index in [9.17, 15) is 0 Å². The Hall–Kier alpha value is -1.61. The third kappa shape index (κ3) is 3.28. The van der Waals surface area contributed by atoms with Crippen molar-refractivity contribution in [2.75, 3.05) is 6.54 Å². The first-order valence-corrected chi connectivity index (χ1v) is 7.48. The van der Waals surface area contributed by atoms with Crippen molar-refractivity contribution in [2.45, 2.75) is 45.6 Å². The Kier molecular flexibility index (Phi) is 3.88. The van der Waals surface area contributed by atoms with Gasteiger partial charge in [-0.3, -0.25) is 0 Å². The molecule has 0 atom stereocenters. The summed E-state index contributed by atoms with van der Waals surface area (Å²) in [6, 6.07) is 7.17. The largest absolute Gasteiger partial charge is 0.441 e. The second-order valence-electron chi connectivity index (χ2n) is 5.75. The third-order valence-corrected chi connectivity index (χ3v) is 3.92. The van der Waals surface area contributed by atoms with E-state index in [0.29, 0.717) is 0 Å². The van der Waals surface area contributed by atoms with Crippen molar-refractivity contribution in [3.63, 3.8) is 0 Å². The molecule has 1 heterocycles. The maximum Gasteiger partial charge on any atom is 0.194 e. The van der Waals surface area contributed by atoms with Crippen LogP contribution in [0.25, 0.3) is 11.3 Å². The van der Waals surface area contributed by atoms with Crippen molar-refractivity contribution in [1.29, 1.82) is 0 Å². The number of nitrogens with zero attached hydrogens (tertiary/aromatic N) is 1. The van der Waals surface area contributed by atoms with Gasteiger partial charge in [0.2, 0.25) is 0 Å². The molecular weight excluding hydrogens is 248 g/mol. The van der Waals surface area contributed by atoms with Crippen LogP contribution in [0.3, 0.4) is 0 Å². The lowest BCUT2D eigenvalue weighted by atomic mass is 10.1. The van der Waals surface area contributed by atoms with E-state index in [2.05, 4.69) is 42.3 Å². The standard InChI is InChI=1S/C17H22N2O/c1-12-5-6-14(10-13(12)2)16-11-19-17(20-16)4-3-9-18-15-7-8-15/h5-6,10-11,15,18H,3-4,7-9H2,1-2H3. The third-order valence-electron chi connectivity index (χ3n) is 3.92. The van der Waals surface area contributed by atoms with Crippen LogP contribution < -0.4 is 5.32 Å². The maximum atomic E-state index is 5.85. The monoisotopic (exact) mass is 270 g/mol. The average Bonchev–Trinajstić information content (AvgIpc) is 3.15. The molecule has 1 fully saturated rings. The van der Waals surface area contributed by atoms with Gasteiger partial charge in [0.05, 0.1) is 6.20 Å². The highest BCUT2D eigenvalue weighted by Crippen LogP contribution is 2.23. The van der Waals surface area contributed by atoms with Gasteiger partial charge in [0.15, 0.2) is 11.7 Å². The first kappa shape index (κ1) is 13.4. The summed E-state index contributed by atoms with van der Waals surface area (Å²) in [5.41, 5.74) is 3.71. The zero-order chi connectivity index (χ0) is 13.9. The molecule has 0 saturated heterocycles. The average molecular weight is 270 g/mol. The molecule has 20 heavy (non-hydrogen) atoms. The van der Waals surface area contributed by atoms with E-state index in [4.69, 9.17) is 4.42 Å². The van der Waals surface area contributed by atoms with E-state index in [1.54, 1.807) is 0 Å². The van der Waals surface area contributed by atoms with Crippen molar-refractivity contribution in [1.82, 2.24) is 10.3 Å². The number of aromatic nitrogens is 1. The zero-order valence-electron chi connectivity index (χ0n) is 12.3. The molecule has 2 aromatic rings. The molecule has 106 valence electrons. The summed E-state index contributed by atoms with van der Waals surface area (Å²) >= 11 is 0. The summed E-state index contributed by atoms with van der Waals surface area (Å²) < 4.78 is 5.85. The molecule has 1 N–H and O–H groups in total. The second kappa shape index (κ2) is 5.80. The fraction of sp³-hybridized carbons (Fsp3) is 0.471. The molecule has 0 radical (unpaired) electrons. The van der Waals surface area contributed by atoms with Crippen LogP contribution in [-0.4, -0.2) is 17.6 Å². The second-order valence-corrected chi connectivity index (χ2v) is 5.75. The summed E-state index contributed by atoms with van der Waals surface area (Å²) in [5, 5.41) is 3.51. The highest BCUT2D eigenvalue weighted by Gasteiger charge is 2.19. The van der Waals surface area contributed by atoms with Gasteiger partial charge in [-0.15, -0.1) is 0 Å². The van der Waals surface area contributed by atoms with Crippen LogP contribution in [0.15, 0.2) is 28.8 Å². The minimum absolute atomic E-state index is 0.783. The molecule has 1 aliphatic carbocycles. The van der Waals surface area contributed by atoms with Crippen LogP contribution in [0.4, 0.5) is 0 Å². The predicted molar refractivity (Wildman–Crippen MR) is 80.8 cm³/mol. The molecular formula is C17H22N2O. The van der Waals surface area contributed by atoms with E-state index in [1.165, 1.54) is 24.0 Å². The summed E-state index contributed by atoms with van der Waals surface area (Å²) in [6.45, 7) is 5.31. The lowest BCUT2D eigenvalue weighted by Gasteiger charge is -2.02. The van der Waals surface area contributed by atoms with E-state index in [-0.39, 0.29) is 0 Å². The SMILES string of the molecule is Cc1ccc(-c2cnc(CCCNC3CC3)o2)cc1C. The van der Waals surface area contributed by atoms with E-state index in [1.807, 2.05) is 6.20 Å². The predicted octanol–water partition coefficient (Wildman–Crippen LogP) is 3.64. The first-order valence-electron chi connectivity index (χ1n) is 7.48. The summed E-state index contributed by atoms with van der Waals surface area (Å²) in [5.74, 6) is 1.72. The number of benzene rings is 1. The van der Waals surface area contributed by atoms with Gasteiger partial charge >= 0.3 is 0 Å². The fourth-order valence-electron chi connectivity index (χ4n) is 2.29. The number of nitrogens with one attached hydrogen (secondary N) is 1. The normalized spacial score (nSPS) is 14.7. The Bertz CT molecular complexity index is 584. The van der Waals surface area contributed by atoms with Crippen LogP contribution in [-0.2, 0) is 6.42 Å². The molecule has 3 heteroatoms. The molecule has 0 aliphatic heterocycles. The molecule has 0 bridgehead atoms. The van der Waals surface area contributed by atoms with E-state index in [0.717, 1.165) is 42.6 Å². The highest BCUT2D eigenvalue weighted by molar-refractivity contribution is 5.58. The van der Waals surface area contributed by atoms with Gasteiger partial charge < -0.3 is 9.73 Å². The summed E-state index contributed by atoms with van der Waals surface area (Å²) in [6.07, 6.45) is 6.52. The molecule has 1 aromatic carbocycles. The number of oxazole rings is 1. The van der Waals surface area contributed by atoms with Gasteiger partial charge in [0, 0.05) is 18.0 Å². The quantitative estimate of drug-likeness (QED) is 0.814. The summed E-state index contributed by atoms with van der Waals surface area (Å²) in [4.78, 5) is 4.38. The highest BCUT2D eigenvalue weighted by atomic mass is 16.4. The topological polar surface area (TPSA) is 38.1 Å². The minimum Gasteiger partial charge on any atom is -0.441 e. The first-order chi connectivity index (χ1) is 9.72. The van der Waals surface area contributed by atoms with Crippen molar-refractivity contribution >= 4 is 0 Å². The molecule has 1 aromatic heterocycles. The number of rotatable bonds is 6. The number of aryl methyl sites for hydroxylation is 3. The Morgan fingerprint density at radius 2 is 2.10 bits per heavy atom. The van der Waals surface area contributed by atoms with Gasteiger partial charge in [0.1, 0.15) is 0 Å². The lowest BCUT2D eigenvalue weighted by Crippen LogP contribution is -2.17. The molecule has 3 nitrogen and oxygen atoms in total. The van der Waals surface area contributed by atoms with Crippen LogP contribution in [0.2, 0.25) is 0 Å². The smallest absolute Gasteiger partial charge is 0.194 e. The van der Waals surface area contributed by atoms with Crippen molar-refractivity contribution in [3.05, 3.63) is 41.4 Å². The summed E-state index contributed by atoms with van der Waals surface area (Å²) in [7, 11) is 0. The number of hydrogen-bond donors (Lipinski definition) is 1. The number of hydrogen-bond acceptors (Lipinski definition) is 3. The van der Waals surface area contributed by atoms with Gasteiger partial charge in [0.25, 0.3) is 0 Å². The van der Waals surface area contributed by atoms with Gasteiger partial charge in [-0.1, -0.05) is 12.1 Å². The fourth-order valence-corrected chi connectivity index (χ4v) is 2.29. The zero-order valence-corrected chi connectivity index (χ0v) is 12.3. The Morgan fingerprint density at radius 3 is 2.85 bits per heavy atom. The van der Waals surface area contributed by atoms with Crippen molar-refractivity contribution in [2.24, 2.45) is 0 Å². The molecule has 0 spiro atoms. The molecule has 1 saturated carbocycles. The van der Waals surface area contributed by atoms with Crippen LogP contribution >= 0.6 is 0 Å². The molecule has 1 aliphatic rings. The Morgan fingerprint density at radius 1 is 1.25 bits per heavy atom. The van der Waals surface area contributed by atoms with E-state index < -0.39 is 0 Å². The Balaban J connectivity index is 1.58. The van der Waals surface area contributed by atoms with Gasteiger partial charge in [-0.05, 0) is 56.8 Å². The molecule has 0 unspecified atom stereocenters. The van der Waals surface area contributed by atoms with Crippen LogP contribution in [0.5, 0.6) is 0 Å². The van der Waals surface area contributed by atoms with Crippen molar-refractivity contribution < 1.29 is 4.42 Å².